The van der Waals surface area contributed by atoms with Gasteiger partial charge in [0.2, 0.25) is 0 Å². The van der Waals surface area contributed by atoms with Crippen molar-refractivity contribution in [3.8, 4) is 5.75 Å². The average molecular weight is 320 g/mol. The number of anilines is 1. The number of amides is 1. The highest BCUT2D eigenvalue weighted by molar-refractivity contribution is 6.32. The van der Waals surface area contributed by atoms with Crippen molar-refractivity contribution in [3.05, 3.63) is 58.6 Å². The Hall–Kier alpha value is -2.53. The van der Waals surface area contributed by atoms with Crippen molar-refractivity contribution < 1.29 is 19.4 Å². The van der Waals surface area contributed by atoms with Gasteiger partial charge in [0, 0.05) is 11.3 Å². The number of hydrogen-bond donors (Lipinski definition) is 2. The monoisotopic (exact) mass is 319 g/mol. The van der Waals surface area contributed by atoms with Gasteiger partial charge in [-0.25, -0.2) is 4.79 Å². The summed E-state index contributed by atoms with van der Waals surface area (Å²) < 4.78 is 5.30. The number of halogens is 1. The summed E-state index contributed by atoms with van der Waals surface area (Å²) >= 11 is 6.04. The molecule has 1 amide bonds. The third kappa shape index (κ3) is 3.77. The first kappa shape index (κ1) is 15.9. The Labute approximate surface area is 132 Å². The zero-order valence-corrected chi connectivity index (χ0v) is 12.6. The summed E-state index contributed by atoms with van der Waals surface area (Å²) in [7, 11) is 0. The van der Waals surface area contributed by atoms with Crippen LogP contribution in [0.15, 0.2) is 42.5 Å². The highest BCUT2D eigenvalue weighted by Crippen LogP contribution is 2.26. The number of carboxylic acid groups (broad SMARTS) is 1. The van der Waals surface area contributed by atoms with E-state index in [1.807, 2.05) is 6.92 Å². The van der Waals surface area contributed by atoms with E-state index in [0.29, 0.717) is 28.6 Å². The van der Waals surface area contributed by atoms with E-state index < -0.39 is 5.97 Å². The fourth-order valence-electron chi connectivity index (χ4n) is 1.85. The first-order valence-electron chi connectivity index (χ1n) is 6.58. The van der Waals surface area contributed by atoms with Gasteiger partial charge in [-0.15, -0.1) is 0 Å². The molecular weight excluding hydrogens is 306 g/mol. The minimum Gasteiger partial charge on any atom is -0.492 e. The number of benzene rings is 2. The quantitative estimate of drug-likeness (QED) is 0.881. The fourth-order valence-corrected chi connectivity index (χ4v) is 2.08. The molecule has 0 aliphatic rings. The molecule has 0 unspecified atom stereocenters. The maximum atomic E-state index is 12.2. The van der Waals surface area contributed by atoms with Crippen molar-refractivity contribution in [2.24, 2.45) is 0 Å². The molecule has 0 aromatic heterocycles. The van der Waals surface area contributed by atoms with Crippen LogP contribution in [0.25, 0.3) is 0 Å². The average Bonchev–Trinajstić information content (AvgIpc) is 2.49. The van der Waals surface area contributed by atoms with E-state index in [1.165, 1.54) is 18.2 Å². The van der Waals surface area contributed by atoms with Crippen molar-refractivity contribution >= 4 is 29.2 Å². The van der Waals surface area contributed by atoms with Crippen molar-refractivity contribution in [2.45, 2.75) is 6.92 Å². The number of nitrogens with one attached hydrogen (secondary N) is 1. The SMILES string of the molecule is CCOc1ccc(C(=O)Nc2cccc(C(=O)O)c2)cc1Cl. The van der Waals surface area contributed by atoms with E-state index in [2.05, 4.69) is 5.32 Å². The molecule has 2 rings (SSSR count). The Morgan fingerprint density at radius 1 is 1.18 bits per heavy atom. The minimum atomic E-state index is -1.06. The Kier molecular flexibility index (Phi) is 5.01. The van der Waals surface area contributed by atoms with E-state index in [9.17, 15) is 9.59 Å². The number of hydrogen-bond acceptors (Lipinski definition) is 3. The third-order valence-corrected chi connectivity index (χ3v) is 3.16. The van der Waals surface area contributed by atoms with Crippen LogP contribution in [0.4, 0.5) is 5.69 Å². The topological polar surface area (TPSA) is 75.6 Å². The molecule has 0 aliphatic heterocycles. The molecule has 0 aliphatic carbocycles. The van der Waals surface area contributed by atoms with Gasteiger partial charge in [-0.05, 0) is 43.3 Å². The van der Waals surface area contributed by atoms with Gasteiger partial charge >= 0.3 is 5.97 Å². The second-order valence-electron chi connectivity index (χ2n) is 4.42. The summed E-state index contributed by atoms with van der Waals surface area (Å²) in [5, 5.41) is 11.9. The molecule has 22 heavy (non-hydrogen) atoms. The van der Waals surface area contributed by atoms with E-state index in [1.54, 1.807) is 24.3 Å². The number of carboxylic acids is 1. The minimum absolute atomic E-state index is 0.0996. The van der Waals surface area contributed by atoms with Gasteiger partial charge in [-0.3, -0.25) is 4.79 Å². The molecular formula is C16H14ClNO4. The number of rotatable bonds is 5. The van der Waals surface area contributed by atoms with Gasteiger partial charge in [0.05, 0.1) is 17.2 Å². The zero-order chi connectivity index (χ0) is 16.1. The van der Waals surface area contributed by atoms with Crippen molar-refractivity contribution in [2.75, 3.05) is 11.9 Å². The molecule has 0 spiro atoms. The van der Waals surface area contributed by atoms with E-state index in [-0.39, 0.29) is 11.5 Å². The highest BCUT2D eigenvalue weighted by atomic mass is 35.5. The van der Waals surface area contributed by atoms with Crippen molar-refractivity contribution in [1.29, 1.82) is 0 Å². The van der Waals surface area contributed by atoms with Gasteiger partial charge in [0.15, 0.2) is 0 Å². The molecule has 6 heteroatoms. The lowest BCUT2D eigenvalue weighted by Gasteiger charge is -2.09. The summed E-state index contributed by atoms with van der Waals surface area (Å²) in [4.78, 5) is 23.1. The second kappa shape index (κ2) is 6.95. The first-order valence-corrected chi connectivity index (χ1v) is 6.96. The van der Waals surface area contributed by atoms with E-state index in [4.69, 9.17) is 21.4 Å². The van der Waals surface area contributed by atoms with Gasteiger partial charge in [0.25, 0.3) is 5.91 Å². The molecule has 0 bridgehead atoms. The summed E-state index contributed by atoms with van der Waals surface area (Å²) in [6.45, 7) is 2.32. The Morgan fingerprint density at radius 3 is 2.59 bits per heavy atom. The third-order valence-electron chi connectivity index (χ3n) is 2.86. The maximum absolute atomic E-state index is 12.2. The van der Waals surface area contributed by atoms with Crippen LogP contribution < -0.4 is 10.1 Å². The number of aromatic carboxylic acids is 1. The van der Waals surface area contributed by atoms with Crippen LogP contribution in [0.3, 0.4) is 0 Å². The highest BCUT2D eigenvalue weighted by Gasteiger charge is 2.11. The molecule has 5 nitrogen and oxygen atoms in total. The molecule has 0 heterocycles. The molecule has 0 atom stereocenters. The summed E-state index contributed by atoms with van der Waals surface area (Å²) in [6, 6.07) is 10.7. The predicted molar refractivity (Wildman–Crippen MR) is 84.0 cm³/mol. The largest absolute Gasteiger partial charge is 0.492 e. The molecule has 0 radical (unpaired) electrons. The lowest BCUT2D eigenvalue weighted by Crippen LogP contribution is -2.12. The van der Waals surface area contributed by atoms with E-state index >= 15 is 0 Å². The number of carbonyl (C=O) groups excluding carboxylic acids is 1. The van der Waals surface area contributed by atoms with Crippen LogP contribution >= 0.6 is 11.6 Å². The molecule has 0 fully saturated rings. The molecule has 2 aromatic carbocycles. The van der Waals surface area contributed by atoms with Crippen molar-refractivity contribution in [3.63, 3.8) is 0 Å². The van der Waals surface area contributed by atoms with Crippen LogP contribution in [0.1, 0.15) is 27.6 Å². The smallest absolute Gasteiger partial charge is 0.335 e. The van der Waals surface area contributed by atoms with Crippen LogP contribution in [-0.2, 0) is 0 Å². The summed E-state index contributed by atoms with van der Waals surface area (Å²) in [5.74, 6) is -0.929. The van der Waals surface area contributed by atoms with Crippen molar-refractivity contribution in [1.82, 2.24) is 0 Å². The lowest BCUT2D eigenvalue weighted by molar-refractivity contribution is 0.0696. The van der Waals surface area contributed by atoms with Gasteiger partial charge in [-0.2, -0.15) is 0 Å². The maximum Gasteiger partial charge on any atom is 0.335 e. The number of ether oxygens (including phenoxy) is 1. The molecule has 114 valence electrons. The summed E-state index contributed by atoms with van der Waals surface area (Å²) in [6.07, 6.45) is 0. The molecule has 2 aromatic rings. The molecule has 0 saturated carbocycles. The molecule has 2 N–H and O–H groups in total. The second-order valence-corrected chi connectivity index (χ2v) is 4.83. The van der Waals surface area contributed by atoms with Crippen LogP contribution in [-0.4, -0.2) is 23.6 Å². The number of carbonyl (C=O) groups is 2. The van der Waals surface area contributed by atoms with Gasteiger partial charge in [-0.1, -0.05) is 17.7 Å². The Bertz CT molecular complexity index is 715. The Morgan fingerprint density at radius 2 is 1.95 bits per heavy atom. The molecule has 0 saturated heterocycles. The Balaban J connectivity index is 2.17. The summed E-state index contributed by atoms with van der Waals surface area (Å²) in [5.41, 5.74) is 0.853. The first-order chi connectivity index (χ1) is 10.5. The van der Waals surface area contributed by atoms with Gasteiger partial charge in [0.1, 0.15) is 5.75 Å². The van der Waals surface area contributed by atoms with Crippen LogP contribution in [0.2, 0.25) is 5.02 Å². The predicted octanol–water partition coefficient (Wildman–Crippen LogP) is 3.69. The zero-order valence-electron chi connectivity index (χ0n) is 11.8. The van der Waals surface area contributed by atoms with Crippen LogP contribution in [0, 0.1) is 0 Å². The lowest BCUT2D eigenvalue weighted by atomic mass is 10.1. The fraction of sp³-hybridized carbons (Fsp3) is 0.125. The standard InChI is InChI=1S/C16H14ClNO4/c1-2-22-14-7-6-10(9-13(14)17)15(19)18-12-5-3-4-11(8-12)16(20)21/h3-9H,2H2,1H3,(H,18,19)(H,20,21). The van der Waals surface area contributed by atoms with E-state index in [0.717, 1.165) is 0 Å². The van der Waals surface area contributed by atoms with Gasteiger partial charge < -0.3 is 15.2 Å². The normalized spacial score (nSPS) is 10.1. The van der Waals surface area contributed by atoms with Crippen LogP contribution in [0.5, 0.6) is 5.75 Å².